The molecule has 0 atom stereocenters. The Kier molecular flexibility index (Phi) is 3.37. The SMILES string of the molecule is Cc1ccc(S(=O)(=O)n2cc(Br)c3c(F)cccc32)cc1. The van der Waals surface area contributed by atoms with Gasteiger partial charge < -0.3 is 0 Å². The van der Waals surface area contributed by atoms with Crippen molar-refractivity contribution >= 4 is 36.9 Å². The summed E-state index contributed by atoms with van der Waals surface area (Å²) in [6, 6.07) is 10.9. The first-order valence-corrected chi connectivity index (χ1v) is 8.42. The zero-order valence-corrected chi connectivity index (χ0v) is 13.4. The van der Waals surface area contributed by atoms with E-state index in [1.165, 1.54) is 18.3 Å². The molecule has 0 aliphatic rings. The molecule has 6 heteroatoms. The van der Waals surface area contributed by atoms with Crippen molar-refractivity contribution in [1.82, 2.24) is 3.97 Å². The smallest absolute Gasteiger partial charge is 0.240 e. The molecule has 0 saturated heterocycles. The van der Waals surface area contributed by atoms with Crippen LogP contribution in [0.1, 0.15) is 5.56 Å². The topological polar surface area (TPSA) is 39.1 Å². The average molecular weight is 368 g/mol. The number of aryl methyl sites for hydroxylation is 1. The van der Waals surface area contributed by atoms with Crippen molar-refractivity contribution in [3.8, 4) is 0 Å². The molecule has 0 aliphatic heterocycles. The van der Waals surface area contributed by atoms with Crippen LogP contribution >= 0.6 is 15.9 Å². The highest BCUT2D eigenvalue weighted by Crippen LogP contribution is 2.31. The Hall–Kier alpha value is -1.66. The molecule has 0 bridgehead atoms. The summed E-state index contributed by atoms with van der Waals surface area (Å²) >= 11 is 3.22. The molecule has 0 radical (unpaired) electrons. The average Bonchev–Trinajstić information content (AvgIpc) is 2.79. The van der Waals surface area contributed by atoms with Crippen molar-refractivity contribution < 1.29 is 12.8 Å². The first-order chi connectivity index (χ1) is 9.91. The van der Waals surface area contributed by atoms with E-state index in [2.05, 4.69) is 15.9 Å². The number of rotatable bonds is 2. The quantitative estimate of drug-likeness (QED) is 0.684. The fourth-order valence-corrected chi connectivity index (χ4v) is 4.29. The molecular weight excluding hydrogens is 357 g/mol. The van der Waals surface area contributed by atoms with Gasteiger partial charge in [0, 0.05) is 10.7 Å². The van der Waals surface area contributed by atoms with Gasteiger partial charge in [-0.25, -0.2) is 16.8 Å². The fourth-order valence-electron chi connectivity index (χ4n) is 2.19. The van der Waals surface area contributed by atoms with Crippen LogP contribution in [0.3, 0.4) is 0 Å². The largest absolute Gasteiger partial charge is 0.268 e. The third-order valence-corrected chi connectivity index (χ3v) is 5.57. The number of fused-ring (bicyclic) bond motifs is 1. The number of aromatic nitrogens is 1. The normalized spacial score (nSPS) is 12.0. The number of nitrogens with zero attached hydrogens (tertiary/aromatic N) is 1. The van der Waals surface area contributed by atoms with Gasteiger partial charge in [0.1, 0.15) is 5.82 Å². The number of benzene rings is 2. The third-order valence-electron chi connectivity index (χ3n) is 3.28. The van der Waals surface area contributed by atoms with Crippen molar-refractivity contribution in [2.24, 2.45) is 0 Å². The molecule has 0 saturated carbocycles. The lowest BCUT2D eigenvalue weighted by Crippen LogP contribution is -2.11. The summed E-state index contributed by atoms with van der Waals surface area (Å²) < 4.78 is 40.8. The molecule has 2 aromatic carbocycles. The molecule has 3 aromatic rings. The summed E-state index contributed by atoms with van der Waals surface area (Å²) in [5.74, 6) is -0.461. The Morgan fingerprint density at radius 1 is 1.10 bits per heavy atom. The molecule has 0 amide bonds. The minimum absolute atomic E-state index is 0.168. The Bertz CT molecular complexity index is 930. The molecule has 108 valence electrons. The fraction of sp³-hybridized carbons (Fsp3) is 0.0667. The molecule has 0 spiro atoms. The lowest BCUT2D eigenvalue weighted by Gasteiger charge is -2.07. The van der Waals surface area contributed by atoms with E-state index in [-0.39, 0.29) is 10.3 Å². The van der Waals surface area contributed by atoms with Gasteiger partial charge in [0.15, 0.2) is 0 Å². The van der Waals surface area contributed by atoms with E-state index in [0.29, 0.717) is 9.99 Å². The van der Waals surface area contributed by atoms with Crippen LogP contribution in [0.5, 0.6) is 0 Å². The zero-order valence-electron chi connectivity index (χ0n) is 11.0. The molecule has 1 aromatic heterocycles. The summed E-state index contributed by atoms with van der Waals surface area (Å²) in [5, 5.41) is 0.258. The van der Waals surface area contributed by atoms with E-state index in [1.54, 1.807) is 30.3 Å². The van der Waals surface area contributed by atoms with Crippen molar-refractivity contribution in [3.05, 3.63) is 64.5 Å². The van der Waals surface area contributed by atoms with Crippen LogP contribution in [0.2, 0.25) is 0 Å². The van der Waals surface area contributed by atoms with Gasteiger partial charge in [-0.2, -0.15) is 0 Å². The van der Waals surface area contributed by atoms with Crippen LogP contribution in [0.4, 0.5) is 4.39 Å². The van der Waals surface area contributed by atoms with Gasteiger partial charge >= 0.3 is 0 Å². The van der Waals surface area contributed by atoms with Crippen LogP contribution in [-0.2, 0) is 10.0 Å². The molecule has 0 N–H and O–H groups in total. The van der Waals surface area contributed by atoms with Crippen LogP contribution in [-0.4, -0.2) is 12.4 Å². The van der Waals surface area contributed by atoms with Crippen molar-refractivity contribution in [1.29, 1.82) is 0 Å². The summed E-state index contributed by atoms with van der Waals surface area (Å²) in [4.78, 5) is 0.168. The molecule has 0 aliphatic carbocycles. The van der Waals surface area contributed by atoms with E-state index in [4.69, 9.17) is 0 Å². The highest BCUT2D eigenvalue weighted by Gasteiger charge is 2.21. The lowest BCUT2D eigenvalue weighted by molar-refractivity contribution is 0.589. The van der Waals surface area contributed by atoms with Gasteiger partial charge in [0.05, 0.1) is 15.8 Å². The maximum absolute atomic E-state index is 13.9. The summed E-state index contributed by atoms with van der Waals surface area (Å²) in [6.45, 7) is 1.88. The highest BCUT2D eigenvalue weighted by atomic mass is 79.9. The second-order valence-corrected chi connectivity index (χ2v) is 7.39. The molecule has 3 rings (SSSR count). The van der Waals surface area contributed by atoms with Gasteiger partial charge in [0.2, 0.25) is 0 Å². The van der Waals surface area contributed by atoms with Crippen LogP contribution in [0.25, 0.3) is 10.9 Å². The predicted octanol–water partition coefficient (Wildman–Crippen LogP) is 4.09. The van der Waals surface area contributed by atoms with Crippen molar-refractivity contribution in [2.75, 3.05) is 0 Å². The summed E-state index contributed by atoms with van der Waals surface area (Å²) in [5.41, 5.74) is 1.28. The van der Waals surface area contributed by atoms with Crippen LogP contribution in [0.15, 0.2) is 58.0 Å². The Morgan fingerprint density at radius 2 is 1.76 bits per heavy atom. The number of hydrogen-bond acceptors (Lipinski definition) is 2. The Morgan fingerprint density at radius 3 is 2.43 bits per heavy atom. The van der Waals surface area contributed by atoms with Gasteiger partial charge in [-0.3, -0.25) is 0 Å². The Labute approximate surface area is 130 Å². The summed E-state index contributed by atoms with van der Waals surface area (Å²) in [7, 11) is -3.76. The van der Waals surface area contributed by atoms with Gasteiger partial charge in [-0.1, -0.05) is 23.8 Å². The molecular formula is C15H11BrFNO2S. The molecule has 0 unspecified atom stereocenters. The highest BCUT2D eigenvalue weighted by molar-refractivity contribution is 9.10. The standard InChI is InChI=1S/C15H11BrFNO2S/c1-10-5-7-11(8-6-10)21(19,20)18-9-12(16)15-13(17)3-2-4-14(15)18/h2-9H,1H3. The first-order valence-electron chi connectivity index (χ1n) is 6.18. The zero-order chi connectivity index (χ0) is 15.2. The molecule has 3 nitrogen and oxygen atoms in total. The summed E-state index contributed by atoms with van der Waals surface area (Å²) in [6.07, 6.45) is 1.38. The number of halogens is 2. The molecule has 21 heavy (non-hydrogen) atoms. The molecule has 1 heterocycles. The van der Waals surface area contributed by atoms with Gasteiger partial charge in [0.25, 0.3) is 10.0 Å². The van der Waals surface area contributed by atoms with E-state index < -0.39 is 15.8 Å². The second kappa shape index (κ2) is 4.96. The molecule has 0 fully saturated rings. The van der Waals surface area contributed by atoms with E-state index in [9.17, 15) is 12.8 Å². The van der Waals surface area contributed by atoms with Crippen LogP contribution in [0, 0.1) is 12.7 Å². The van der Waals surface area contributed by atoms with Gasteiger partial charge in [-0.05, 0) is 47.1 Å². The maximum atomic E-state index is 13.9. The first kappa shape index (κ1) is 14.3. The van der Waals surface area contributed by atoms with Crippen molar-refractivity contribution in [2.45, 2.75) is 11.8 Å². The van der Waals surface area contributed by atoms with Crippen molar-refractivity contribution in [3.63, 3.8) is 0 Å². The second-order valence-electron chi connectivity index (χ2n) is 4.72. The van der Waals surface area contributed by atoms with E-state index in [1.807, 2.05) is 6.92 Å². The Balaban J connectivity index is 2.29. The minimum atomic E-state index is -3.76. The maximum Gasteiger partial charge on any atom is 0.268 e. The third kappa shape index (κ3) is 2.28. The minimum Gasteiger partial charge on any atom is -0.240 e. The lowest BCUT2D eigenvalue weighted by atomic mass is 10.2. The predicted molar refractivity (Wildman–Crippen MR) is 83.4 cm³/mol. The van der Waals surface area contributed by atoms with E-state index in [0.717, 1.165) is 9.54 Å². The van der Waals surface area contributed by atoms with E-state index >= 15 is 0 Å². The number of hydrogen-bond donors (Lipinski definition) is 0. The van der Waals surface area contributed by atoms with Crippen LogP contribution < -0.4 is 0 Å². The van der Waals surface area contributed by atoms with Gasteiger partial charge in [-0.15, -0.1) is 0 Å². The monoisotopic (exact) mass is 367 g/mol.